The first kappa shape index (κ1) is 23.4. The van der Waals surface area contributed by atoms with Gasteiger partial charge in [-0.25, -0.2) is 8.78 Å². The third kappa shape index (κ3) is 5.33. The van der Waals surface area contributed by atoms with Crippen LogP contribution in [0.5, 0.6) is 0 Å². The van der Waals surface area contributed by atoms with Crippen molar-refractivity contribution >= 4 is 13.8 Å². The fraction of sp³-hybridized carbons (Fsp3) is 0.458. The topological polar surface area (TPSA) is 75.4 Å². The van der Waals surface area contributed by atoms with Crippen molar-refractivity contribution in [2.75, 3.05) is 0 Å². The van der Waals surface area contributed by atoms with Crippen LogP contribution in [0.4, 0.5) is 8.78 Å². The second-order valence-corrected chi connectivity index (χ2v) is 8.85. The number of hydrogen-bond acceptors (Lipinski definition) is 3. The van der Waals surface area contributed by atoms with E-state index in [0.717, 1.165) is 30.3 Å². The molecule has 0 unspecified atom stereocenters. The van der Waals surface area contributed by atoms with E-state index in [0.29, 0.717) is 25.8 Å². The maximum Gasteiger partial charge on any atom is 0.323 e. The zero-order valence-electron chi connectivity index (χ0n) is 18.3. The molecule has 0 heterocycles. The Morgan fingerprint density at radius 1 is 1.16 bits per heavy atom. The molecule has 7 heteroatoms. The van der Waals surface area contributed by atoms with Crippen LogP contribution in [-0.4, -0.2) is 30.5 Å². The maximum absolute atomic E-state index is 14.6. The van der Waals surface area contributed by atoms with Gasteiger partial charge < -0.3 is 16.2 Å². The van der Waals surface area contributed by atoms with Gasteiger partial charge in [-0.15, -0.1) is 0 Å². The van der Waals surface area contributed by atoms with Crippen molar-refractivity contribution in [3.8, 4) is 11.1 Å². The van der Waals surface area contributed by atoms with E-state index in [9.17, 15) is 18.7 Å². The van der Waals surface area contributed by atoms with Crippen LogP contribution in [-0.2, 0) is 11.3 Å². The molecule has 2 aromatic rings. The van der Waals surface area contributed by atoms with Gasteiger partial charge in [-0.2, -0.15) is 0 Å². The summed E-state index contributed by atoms with van der Waals surface area (Å²) in [5, 5.41) is 13.0. The van der Waals surface area contributed by atoms with Crippen LogP contribution < -0.4 is 11.1 Å². The van der Waals surface area contributed by atoms with E-state index < -0.39 is 23.1 Å². The number of benzene rings is 2. The standard InChI is InChI=1S/C24H31BF2N2O2/c1-15-4-7-21(26)20(10-15)19-6-5-16(11-22(19)27)14-29-18-12-17(13-18)24(28,23(30)31)8-2-3-9-25/h4-7,10-11,17-18,29H,2-3,8-9,12-14,25,28H2,1H3,(H,30,31)/t17?,18?,24-/m0/s1. The van der Waals surface area contributed by atoms with E-state index in [2.05, 4.69) is 13.2 Å². The van der Waals surface area contributed by atoms with Crippen molar-refractivity contribution in [3.05, 3.63) is 59.2 Å². The summed E-state index contributed by atoms with van der Waals surface area (Å²) in [5.41, 5.74) is 7.23. The summed E-state index contributed by atoms with van der Waals surface area (Å²) in [7, 11) is 2.08. The van der Waals surface area contributed by atoms with Gasteiger partial charge in [-0.1, -0.05) is 42.9 Å². The summed E-state index contributed by atoms with van der Waals surface area (Å²) in [6.45, 7) is 2.31. The first-order chi connectivity index (χ1) is 14.7. The minimum atomic E-state index is -1.17. The fourth-order valence-electron chi connectivity index (χ4n) is 4.35. The lowest BCUT2D eigenvalue weighted by Gasteiger charge is -2.45. The van der Waals surface area contributed by atoms with Crippen molar-refractivity contribution < 1.29 is 18.7 Å². The summed E-state index contributed by atoms with van der Waals surface area (Å²) in [6.07, 6.45) is 4.72. The van der Waals surface area contributed by atoms with E-state index in [1.165, 1.54) is 12.1 Å². The highest BCUT2D eigenvalue weighted by Gasteiger charge is 2.47. The molecule has 0 spiro atoms. The van der Waals surface area contributed by atoms with Gasteiger partial charge in [0.25, 0.3) is 0 Å². The Balaban J connectivity index is 1.56. The Morgan fingerprint density at radius 2 is 1.90 bits per heavy atom. The fourth-order valence-corrected chi connectivity index (χ4v) is 4.35. The molecule has 0 bridgehead atoms. The highest BCUT2D eigenvalue weighted by atomic mass is 19.1. The first-order valence-electron chi connectivity index (χ1n) is 11.0. The number of nitrogens with two attached hydrogens (primary N) is 1. The Labute approximate surface area is 183 Å². The highest BCUT2D eigenvalue weighted by Crippen LogP contribution is 2.38. The van der Waals surface area contributed by atoms with Gasteiger partial charge in [-0.05, 0) is 55.9 Å². The van der Waals surface area contributed by atoms with Crippen molar-refractivity contribution in [3.63, 3.8) is 0 Å². The Bertz CT molecular complexity index is 934. The highest BCUT2D eigenvalue weighted by molar-refractivity contribution is 6.08. The normalized spacial score (nSPS) is 20.1. The summed E-state index contributed by atoms with van der Waals surface area (Å²) < 4.78 is 28.7. The molecule has 1 atom stereocenters. The molecule has 0 saturated heterocycles. The number of unbranched alkanes of at least 4 members (excludes halogenated alkanes) is 1. The van der Waals surface area contributed by atoms with Gasteiger partial charge in [0.1, 0.15) is 25.0 Å². The monoisotopic (exact) mass is 428 g/mol. The molecule has 1 aliphatic rings. The minimum absolute atomic E-state index is 0.0530. The number of carboxylic acids is 1. The van der Waals surface area contributed by atoms with Gasteiger partial charge in [0.05, 0.1) is 0 Å². The maximum atomic E-state index is 14.6. The van der Waals surface area contributed by atoms with E-state index in [1.54, 1.807) is 24.3 Å². The molecule has 0 radical (unpaired) electrons. The van der Waals surface area contributed by atoms with E-state index in [-0.39, 0.29) is 23.1 Å². The second-order valence-electron chi connectivity index (χ2n) is 8.85. The van der Waals surface area contributed by atoms with Gasteiger partial charge in [0.15, 0.2) is 0 Å². The number of rotatable bonds is 10. The largest absolute Gasteiger partial charge is 0.480 e. The molecule has 3 rings (SSSR count). The average molecular weight is 428 g/mol. The second kappa shape index (κ2) is 9.92. The molecule has 1 fully saturated rings. The molecule has 31 heavy (non-hydrogen) atoms. The Kier molecular flexibility index (Phi) is 7.49. The summed E-state index contributed by atoms with van der Waals surface area (Å²) in [4.78, 5) is 11.8. The molecule has 0 aliphatic heterocycles. The van der Waals surface area contributed by atoms with Crippen LogP contribution in [0.25, 0.3) is 11.1 Å². The average Bonchev–Trinajstić information content (AvgIpc) is 2.69. The predicted molar refractivity (Wildman–Crippen MR) is 122 cm³/mol. The van der Waals surface area contributed by atoms with E-state index >= 15 is 0 Å². The molecule has 166 valence electrons. The van der Waals surface area contributed by atoms with Gasteiger partial charge in [0, 0.05) is 23.7 Å². The number of halogens is 2. The first-order valence-corrected chi connectivity index (χ1v) is 11.0. The molecule has 0 amide bonds. The molecule has 1 aliphatic carbocycles. The van der Waals surface area contributed by atoms with Crippen LogP contribution in [0.3, 0.4) is 0 Å². The number of hydrogen-bond donors (Lipinski definition) is 3. The number of nitrogens with one attached hydrogen (secondary N) is 1. The molecule has 0 aromatic heterocycles. The zero-order chi connectivity index (χ0) is 22.6. The number of aryl methyl sites for hydroxylation is 1. The molecule has 1 saturated carbocycles. The summed E-state index contributed by atoms with van der Waals surface area (Å²) >= 11 is 0. The van der Waals surface area contributed by atoms with Gasteiger partial charge >= 0.3 is 5.97 Å². The Morgan fingerprint density at radius 3 is 2.55 bits per heavy atom. The quantitative estimate of drug-likeness (QED) is 0.398. The van der Waals surface area contributed by atoms with Crippen molar-refractivity contribution in [1.82, 2.24) is 5.32 Å². The lowest BCUT2D eigenvalue weighted by molar-refractivity contribution is -0.148. The zero-order valence-corrected chi connectivity index (χ0v) is 18.3. The van der Waals surface area contributed by atoms with Crippen LogP contribution in [0.2, 0.25) is 6.32 Å². The number of carboxylic acid groups (broad SMARTS) is 1. The number of aliphatic carboxylic acids is 1. The molecular formula is C24H31BF2N2O2. The van der Waals surface area contributed by atoms with Crippen LogP contribution in [0, 0.1) is 24.5 Å². The van der Waals surface area contributed by atoms with Gasteiger partial charge in [0.2, 0.25) is 0 Å². The van der Waals surface area contributed by atoms with Crippen molar-refractivity contribution in [2.45, 2.75) is 63.5 Å². The van der Waals surface area contributed by atoms with Crippen LogP contribution in [0.1, 0.15) is 43.2 Å². The molecule has 2 aromatic carbocycles. The van der Waals surface area contributed by atoms with Gasteiger partial charge in [-0.3, -0.25) is 4.79 Å². The van der Waals surface area contributed by atoms with Crippen molar-refractivity contribution in [2.24, 2.45) is 11.7 Å². The van der Waals surface area contributed by atoms with Crippen molar-refractivity contribution in [1.29, 1.82) is 0 Å². The number of carbonyl (C=O) groups is 1. The van der Waals surface area contributed by atoms with Crippen LogP contribution >= 0.6 is 0 Å². The summed E-state index contributed by atoms with van der Waals surface area (Å²) in [5.74, 6) is -1.88. The minimum Gasteiger partial charge on any atom is -0.480 e. The lowest BCUT2D eigenvalue weighted by atomic mass is 9.66. The lowest BCUT2D eigenvalue weighted by Crippen LogP contribution is -2.60. The molecular weight excluding hydrogens is 397 g/mol. The SMILES string of the molecule is BCCCC[C@@](N)(C(=O)O)C1CC(NCc2ccc(-c3cc(C)ccc3F)c(F)c2)C1. The molecule has 4 N–H and O–H groups in total. The van der Waals surface area contributed by atoms with E-state index in [4.69, 9.17) is 5.73 Å². The Hall–Kier alpha value is -2.25. The third-order valence-corrected chi connectivity index (χ3v) is 6.50. The van der Waals surface area contributed by atoms with Crippen LogP contribution in [0.15, 0.2) is 36.4 Å². The van der Waals surface area contributed by atoms with E-state index in [1.807, 2.05) is 6.92 Å². The third-order valence-electron chi connectivity index (χ3n) is 6.50. The predicted octanol–water partition coefficient (Wildman–Crippen LogP) is 3.81. The smallest absolute Gasteiger partial charge is 0.323 e. The molecule has 4 nitrogen and oxygen atoms in total. The summed E-state index contributed by atoms with van der Waals surface area (Å²) in [6, 6.07) is 9.64.